The minimum absolute atomic E-state index is 0.290. The topological polar surface area (TPSA) is 32.3 Å². The average molecular weight is 297 g/mol. The molecule has 4 nitrogen and oxygen atoms in total. The zero-order valence-corrected chi connectivity index (χ0v) is 13.9. The fourth-order valence-corrected chi connectivity index (χ4v) is 2.82. The predicted octanol–water partition coefficient (Wildman–Crippen LogP) is 3.09. The van der Waals surface area contributed by atoms with E-state index in [-0.39, 0.29) is 5.92 Å². The summed E-state index contributed by atoms with van der Waals surface area (Å²) in [7, 11) is 4.31. The molecule has 0 N–H and O–H groups in total. The highest BCUT2D eigenvalue weighted by atomic mass is 35.5. The molecule has 5 heteroatoms. The summed E-state index contributed by atoms with van der Waals surface area (Å²) < 4.78 is 0. The summed E-state index contributed by atoms with van der Waals surface area (Å²) in [4.78, 5) is 13.8. The van der Waals surface area contributed by atoms with Crippen molar-refractivity contribution in [3.05, 3.63) is 16.5 Å². The number of hydrogen-bond acceptors (Lipinski definition) is 4. The Balaban J connectivity index is 2.26. The zero-order valence-electron chi connectivity index (χ0n) is 13.1. The lowest BCUT2D eigenvalue weighted by molar-refractivity contribution is 0.252. The SMILES string of the molecule is Cc1c(Cl)nc(C(C)C)nc1N(C)C1CCN(C)CC1. The Morgan fingerprint density at radius 1 is 1.25 bits per heavy atom. The first-order valence-electron chi connectivity index (χ1n) is 7.35. The standard InChI is InChI=1S/C15H25ClN4/c1-10(2)14-17-13(16)11(3)15(18-14)20(5)12-6-8-19(4)9-7-12/h10,12H,6-9H2,1-5H3. The number of halogens is 1. The molecule has 0 aliphatic carbocycles. The number of aromatic nitrogens is 2. The van der Waals surface area contributed by atoms with Crippen LogP contribution in [-0.4, -0.2) is 48.1 Å². The molecule has 0 amide bonds. The van der Waals surface area contributed by atoms with Gasteiger partial charge in [-0.3, -0.25) is 0 Å². The van der Waals surface area contributed by atoms with Crippen molar-refractivity contribution in [2.75, 3.05) is 32.1 Å². The van der Waals surface area contributed by atoms with E-state index in [4.69, 9.17) is 16.6 Å². The van der Waals surface area contributed by atoms with Gasteiger partial charge in [0.25, 0.3) is 0 Å². The summed E-state index contributed by atoms with van der Waals surface area (Å²) in [6.07, 6.45) is 2.34. The first kappa shape index (κ1) is 15.5. The van der Waals surface area contributed by atoms with Crippen LogP contribution in [0.2, 0.25) is 5.15 Å². The molecule has 0 spiro atoms. The molecule has 0 radical (unpaired) electrons. The molecule has 1 aromatic rings. The van der Waals surface area contributed by atoms with Crippen molar-refractivity contribution in [3.63, 3.8) is 0 Å². The van der Waals surface area contributed by atoms with Crippen molar-refractivity contribution in [3.8, 4) is 0 Å². The number of anilines is 1. The van der Waals surface area contributed by atoms with E-state index in [2.05, 4.69) is 42.7 Å². The molecule has 0 saturated carbocycles. The Kier molecular flexibility index (Phi) is 4.86. The van der Waals surface area contributed by atoms with Crippen molar-refractivity contribution >= 4 is 17.4 Å². The van der Waals surface area contributed by atoms with Crippen molar-refractivity contribution < 1.29 is 0 Å². The number of hydrogen-bond donors (Lipinski definition) is 0. The maximum absolute atomic E-state index is 6.28. The molecule has 1 saturated heterocycles. The normalized spacial score (nSPS) is 17.8. The fraction of sp³-hybridized carbons (Fsp3) is 0.733. The monoisotopic (exact) mass is 296 g/mol. The maximum Gasteiger partial charge on any atom is 0.137 e. The van der Waals surface area contributed by atoms with Gasteiger partial charge in [0.05, 0.1) is 0 Å². The molecule has 0 aromatic carbocycles. The third-order valence-electron chi connectivity index (χ3n) is 4.16. The van der Waals surface area contributed by atoms with Gasteiger partial charge in [-0.25, -0.2) is 9.97 Å². The first-order valence-corrected chi connectivity index (χ1v) is 7.73. The van der Waals surface area contributed by atoms with Gasteiger partial charge in [0.2, 0.25) is 0 Å². The second-order valence-corrected chi connectivity index (χ2v) is 6.48. The Hall–Kier alpha value is -0.870. The number of nitrogens with zero attached hydrogens (tertiary/aromatic N) is 4. The van der Waals surface area contributed by atoms with Gasteiger partial charge in [0, 0.05) is 24.6 Å². The molecule has 0 atom stereocenters. The molecule has 0 bridgehead atoms. The number of piperidine rings is 1. The minimum atomic E-state index is 0.290. The van der Waals surface area contributed by atoms with Crippen LogP contribution in [0, 0.1) is 6.92 Å². The Bertz CT molecular complexity index is 467. The summed E-state index contributed by atoms with van der Waals surface area (Å²) in [5, 5.41) is 0.582. The van der Waals surface area contributed by atoms with Crippen LogP contribution in [0.15, 0.2) is 0 Å². The molecule has 2 rings (SSSR count). The quantitative estimate of drug-likeness (QED) is 0.802. The summed E-state index contributed by atoms with van der Waals surface area (Å²) in [6.45, 7) is 8.49. The molecular formula is C15H25ClN4. The summed E-state index contributed by atoms with van der Waals surface area (Å²) >= 11 is 6.28. The Labute approximate surface area is 127 Å². The number of rotatable bonds is 3. The van der Waals surface area contributed by atoms with E-state index in [9.17, 15) is 0 Å². The van der Waals surface area contributed by atoms with E-state index in [0.717, 1.165) is 30.3 Å². The Morgan fingerprint density at radius 2 is 1.85 bits per heavy atom. The summed E-state index contributed by atoms with van der Waals surface area (Å²) in [5.41, 5.74) is 0.984. The van der Waals surface area contributed by atoms with Crippen molar-refractivity contribution in [2.24, 2.45) is 0 Å². The highest BCUT2D eigenvalue weighted by Gasteiger charge is 2.24. The lowest BCUT2D eigenvalue weighted by Crippen LogP contribution is -2.42. The summed E-state index contributed by atoms with van der Waals surface area (Å²) in [5.74, 6) is 2.11. The van der Waals surface area contributed by atoms with Gasteiger partial charge >= 0.3 is 0 Å². The van der Waals surface area contributed by atoms with Gasteiger partial charge in [-0.2, -0.15) is 0 Å². The second kappa shape index (κ2) is 6.27. The van der Waals surface area contributed by atoms with Gasteiger partial charge in [-0.05, 0) is 39.9 Å². The van der Waals surface area contributed by atoms with Crippen LogP contribution in [0.5, 0.6) is 0 Å². The molecule has 2 heterocycles. The average Bonchev–Trinajstić information content (AvgIpc) is 2.41. The van der Waals surface area contributed by atoms with Gasteiger partial charge < -0.3 is 9.80 Å². The molecular weight excluding hydrogens is 272 g/mol. The van der Waals surface area contributed by atoms with E-state index >= 15 is 0 Å². The van der Waals surface area contributed by atoms with E-state index in [1.165, 1.54) is 12.8 Å². The highest BCUT2D eigenvalue weighted by molar-refractivity contribution is 6.30. The first-order chi connectivity index (χ1) is 9.40. The van der Waals surface area contributed by atoms with E-state index in [1.807, 2.05) is 6.92 Å². The summed E-state index contributed by atoms with van der Waals surface area (Å²) in [6, 6.07) is 0.538. The van der Waals surface area contributed by atoms with Crippen LogP contribution < -0.4 is 4.90 Å². The van der Waals surface area contributed by atoms with Gasteiger partial charge in [-0.15, -0.1) is 0 Å². The fourth-order valence-electron chi connectivity index (χ4n) is 2.65. The van der Waals surface area contributed by atoms with Crippen LogP contribution in [0.1, 0.15) is 44.0 Å². The van der Waals surface area contributed by atoms with E-state index < -0.39 is 0 Å². The third kappa shape index (κ3) is 3.23. The van der Waals surface area contributed by atoms with Crippen LogP contribution in [0.25, 0.3) is 0 Å². The van der Waals surface area contributed by atoms with Gasteiger partial charge in [-0.1, -0.05) is 25.4 Å². The molecule has 1 aliphatic heterocycles. The third-order valence-corrected chi connectivity index (χ3v) is 4.53. The van der Waals surface area contributed by atoms with Crippen LogP contribution in [0.3, 0.4) is 0 Å². The van der Waals surface area contributed by atoms with Gasteiger partial charge in [0.1, 0.15) is 16.8 Å². The Morgan fingerprint density at radius 3 is 2.40 bits per heavy atom. The molecule has 20 heavy (non-hydrogen) atoms. The van der Waals surface area contributed by atoms with E-state index in [1.54, 1.807) is 0 Å². The molecule has 1 aromatic heterocycles. The molecule has 0 unspecified atom stereocenters. The van der Waals surface area contributed by atoms with Crippen molar-refractivity contribution in [1.82, 2.24) is 14.9 Å². The number of likely N-dealkylation sites (tertiary alicyclic amines) is 1. The van der Waals surface area contributed by atoms with E-state index in [0.29, 0.717) is 11.2 Å². The van der Waals surface area contributed by atoms with Crippen molar-refractivity contribution in [2.45, 2.75) is 45.6 Å². The predicted molar refractivity (Wildman–Crippen MR) is 84.8 cm³/mol. The molecule has 1 aliphatic rings. The molecule has 112 valence electrons. The highest BCUT2D eigenvalue weighted by Crippen LogP contribution is 2.28. The molecule has 1 fully saturated rings. The zero-order chi connectivity index (χ0) is 14.9. The smallest absolute Gasteiger partial charge is 0.137 e. The van der Waals surface area contributed by atoms with Crippen LogP contribution >= 0.6 is 11.6 Å². The largest absolute Gasteiger partial charge is 0.356 e. The maximum atomic E-state index is 6.28. The minimum Gasteiger partial charge on any atom is -0.356 e. The van der Waals surface area contributed by atoms with Crippen LogP contribution in [0.4, 0.5) is 5.82 Å². The lowest BCUT2D eigenvalue weighted by atomic mass is 10.0. The lowest BCUT2D eigenvalue weighted by Gasteiger charge is -2.36. The van der Waals surface area contributed by atoms with Crippen LogP contribution in [-0.2, 0) is 0 Å². The van der Waals surface area contributed by atoms with Crippen molar-refractivity contribution in [1.29, 1.82) is 0 Å². The second-order valence-electron chi connectivity index (χ2n) is 6.12. The van der Waals surface area contributed by atoms with Gasteiger partial charge in [0.15, 0.2) is 0 Å².